The van der Waals surface area contributed by atoms with Gasteiger partial charge in [0.05, 0.1) is 6.10 Å². The molecule has 0 spiro atoms. The standard InChI is InChI=1S/C19H23FO/c1-3-14(2)19(16-9-5-4-6-10-16)18(21)13-15-8-7-11-17(20)12-15/h4-12,14,18-19,21H,3,13H2,1-2H3. The number of aliphatic hydroxyl groups excluding tert-OH is 1. The van der Waals surface area contributed by atoms with E-state index in [1.165, 1.54) is 12.1 Å². The van der Waals surface area contributed by atoms with Crippen LogP contribution in [0.15, 0.2) is 54.6 Å². The first-order valence-electron chi connectivity index (χ1n) is 7.59. The van der Waals surface area contributed by atoms with Crippen LogP contribution in [0.5, 0.6) is 0 Å². The van der Waals surface area contributed by atoms with Crippen LogP contribution in [0.25, 0.3) is 0 Å². The summed E-state index contributed by atoms with van der Waals surface area (Å²) < 4.78 is 13.3. The van der Waals surface area contributed by atoms with Crippen molar-refractivity contribution >= 4 is 0 Å². The second-order valence-corrected chi connectivity index (χ2v) is 5.72. The van der Waals surface area contributed by atoms with Crippen LogP contribution in [0, 0.1) is 11.7 Å². The highest BCUT2D eigenvalue weighted by molar-refractivity contribution is 5.24. The topological polar surface area (TPSA) is 20.2 Å². The molecule has 0 aliphatic heterocycles. The van der Waals surface area contributed by atoms with E-state index >= 15 is 0 Å². The van der Waals surface area contributed by atoms with Gasteiger partial charge in [0.15, 0.2) is 0 Å². The average Bonchev–Trinajstić information content (AvgIpc) is 2.48. The molecule has 0 saturated carbocycles. The molecule has 0 bridgehead atoms. The normalized spacial score (nSPS) is 15.4. The molecule has 0 fully saturated rings. The highest BCUT2D eigenvalue weighted by Gasteiger charge is 2.26. The number of hydrogen-bond acceptors (Lipinski definition) is 1. The summed E-state index contributed by atoms with van der Waals surface area (Å²) in [6.07, 6.45) is 0.964. The third-order valence-corrected chi connectivity index (χ3v) is 4.19. The molecule has 3 unspecified atom stereocenters. The van der Waals surface area contributed by atoms with Gasteiger partial charge in [0, 0.05) is 5.92 Å². The van der Waals surface area contributed by atoms with E-state index in [1.54, 1.807) is 6.07 Å². The zero-order chi connectivity index (χ0) is 15.2. The SMILES string of the molecule is CCC(C)C(c1ccccc1)C(O)Cc1cccc(F)c1. The van der Waals surface area contributed by atoms with Crippen molar-refractivity contribution in [2.24, 2.45) is 5.92 Å². The van der Waals surface area contributed by atoms with Gasteiger partial charge in [0.1, 0.15) is 5.82 Å². The number of benzene rings is 2. The summed E-state index contributed by atoms with van der Waals surface area (Å²) in [5.41, 5.74) is 1.99. The van der Waals surface area contributed by atoms with Crippen molar-refractivity contribution in [2.75, 3.05) is 0 Å². The van der Waals surface area contributed by atoms with E-state index in [4.69, 9.17) is 0 Å². The first-order chi connectivity index (χ1) is 10.1. The number of rotatable bonds is 6. The predicted octanol–water partition coefficient (Wildman–Crippen LogP) is 4.56. The predicted molar refractivity (Wildman–Crippen MR) is 84.7 cm³/mol. The third kappa shape index (κ3) is 4.15. The van der Waals surface area contributed by atoms with Gasteiger partial charge in [-0.1, -0.05) is 62.7 Å². The molecule has 0 aliphatic carbocycles. The zero-order valence-electron chi connectivity index (χ0n) is 12.7. The van der Waals surface area contributed by atoms with Gasteiger partial charge < -0.3 is 5.11 Å². The summed E-state index contributed by atoms with van der Waals surface area (Å²) in [5.74, 6) is 0.190. The number of hydrogen-bond donors (Lipinski definition) is 1. The van der Waals surface area contributed by atoms with Gasteiger partial charge in [-0.15, -0.1) is 0 Å². The minimum absolute atomic E-state index is 0.0690. The first-order valence-corrected chi connectivity index (χ1v) is 7.59. The maximum absolute atomic E-state index is 13.3. The number of halogens is 1. The molecule has 1 nitrogen and oxygen atoms in total. The van der Waals surface area contributed by atoms with Crippen LogP contribution in [0.4, 0.5) is 4.39 Å². The van der Waals surface area contributed by atoms with E-state index in [9.17, 15) is 9.50 Å². The van der Waals surface area contributed by atoms with Crippen LogP contribution in [0.2, 0.25) is 0 Å². The molecule has 0 radical (unpaired) electrons. The largest absolute Gasteiger partial charge is 0.392 e. The Bertz CT molecular complexity index is 553. The minimum atomic E-state index is -0.510. The second kappa shape index (κ2) is 7.37. The Hall–Kier alpha value is -1.67. The molecule has 0 aliphatic rings. The summed E-state index contributed by atoms with van der Waals surface area (Å²) in [4.78, 5) is 0. The Balaban J connectivity index is 2.20. The molecule has 0 aromatic heterocycles. The third-order valence-electron chi connectivity index (χ3n) is 4.19. The lowest BCUT2D eigenvalue weighted by Crippen LogP contribution is -2.26. The molecular weight excluding hydrogens is 263 g/mol. The quantitative estimate of drug-likeness (QED) is 0.825. The van der Waals surface area contributed by atoms with E-state index in [0.717, 1.165) is 17.5 Å². The molecule has 0 amide bonds. The Morgan fingerprint density at radius 2 is 1.76 bits per heavy atom. The van der Waals surface area contributed by atoms with Crippen molar-refractivity contribution in [3.63, 3.8) is 0 Å². The van der Waals surface area contributed by atoms with E-state index in [0.29, 0.717) is 12.3 Å². The fourth-order valence-electron chi connectivity index (χ4n) is 2.89. The molecule has 112 valence electrons. The molecule has 21 heavy (non-hydrogen) atoms. The molecule has 2 aromatic rings. The van der Waals surface area contributed by atoms with Crippen molar-refractivity contribution in [3.05, 3.63) is 71.5 Å². The summed E-state index contributed by atoms with van der Waals surface area (Å²) >= 11 is 0. The van der Waals surface area contributed by atoms with E-state index < -0.39 is 6.10 Å². The van der Waals surface area contributed by atoms with Gasteiger partial charge >= 0.3 is 0 Å². The van der Waals surface area contributed by atoms with Gasteiger partial charge in [-0.3, -0.25) is 0 Å². The van der Waals surface area contributed by atoms with Crippen molar-refractivity contribution < 1.29 is 9.50 Å². The number of aliphatic hydroxyl groups is 1. The van der Waals surface area contributed by atoms with Crippen molar-refractivity contribution in [3.8, 4) is 0 Å². The van der Waals surface area contributed by atoms with E-state index in [2.05, 4.69) is 26.0 Å². The monoisotopic (exact) mass is 286 g/mol. The summed E-state index contributed by atoms with van der Waals surface area (Å²) in [6, 6.07) is 16.6. The van der Waals surface area contributed by atoms with E-state index in [1.807, 2.05) is 24.3 Å². The Morgan fingerprint density at radius 1 is 1.05 bits per heavy atom. The van der Waals surface area contributed by atoms with Crippen LogP contribution in [-0.4, -0.2) is 11.2 Å². The summed E-state index contributed by atoms with van der Waals surface area (Å²) in [6.45, 7) is 4.29. The Kier molecular flexibility index (Phi) is 5.51. The lowest BCUT2D eigenvalue weighted by molar-refractivity contribution is 0.117. The van der Waals surface area contributed by atoms with Gasteiger partial charge in [0.25, 0.3) is 0 Å². The van der Waals surface area contributed by atoms with Crippen molar-refractivity contribution in [2.45, 2.75) is 38.7 Å². The lowest BCUT2D eigenvalue weighted by Gasteiger charge is -2.28. The van der Waals surface area contributed by atoms with Crippen molar-refractivity contribution in [1.82, 2.24) is 0 Å². The molecule has 0 heterocycles. The summed E-state index contributed by atoms with van der Waals surface area (Å²) in [5, 5.41) is 10.7. The highest BCUT2D eigenvalue weighted by Crippen LogP contribution is 2.31. The van der Waals surface area contributed by atoms with Crippen LogP contribution in [0.1, 0.15) is 37.3 Å². The molecular formula is C19H23FO. The Morgan fingerprint density at radius 3 is 2.38 bits per heavy atom. The second-order valence-electron chi connectivity index (χ2n) is 5.72. The van der Waals surface area contributed by atoms with Crippen LogP contribution in [-0.2, 0) is 6.42 Å². The van der Waals surface area contributed by atoms with Gasteiger partial charge in [-0.2, -0.15) is 0 Å². The van der Waals surface area contributed by atoms with Gasteiger partial charge in [0.2, 0.25) is 0 Å². The lowest BCUT2D eigenvalue weighted by atomic mass is 9.79. The fourth-order valence-corrected chi connectivity index (χ4v) is 2.89. The maximum Gasteiger partial charge on any atom is 0.123 e. The molecule has 0 saturated heterocycles. The van der Waals surface area contributed by atoms with Gasteiger partial charge in [-0.05, 0) is 35.6 Å². The first kappa shape index (κ1) is 15.7. The molecule has 3 atom stereocenters. The Labute approximate surface area is 126 Å². The smallest absolute Gasteiger partial charge is 0.123 e. The molecule has 1 N–H and O–H groups in total. The highest BCUT2D eigenvalue weighted by atomic mass is 19.1. The zero-order valence-corrected chi connectivity index (χ0v) is 12.7. The van der Waals surface area contributed by atoms with Crippen LogP contribution >= 0.6 is 0 Å². The molecule has 2 aromatic carbocycles. The van der Waals surface area contributed by atoms with Crippen LogP contribution < -0.4 is 0 Å². The summed E-state index contributed by atoms with van der Waals surface area (Å²) in [7, 11) is 0. The molecule has 2 rings (SSSR count). The maximum atomic E-state index is 13.3. The molecule has 2 heteroatoms. The van der Waals surface area contributed by atoms with Gasteiger partial charge in [-0.25, -0.2) is 4.39 Å². The fraction of sp³-hybridized carbons (Fsp3) is 0.368. The van der Waals surface area contributed by atoms with E-state index in [-0.39, 0.29) is 11.7 Å². The van der Waals surface area contributed by atoms with Crippen molar-refractivity contribution in [1.29, 1.82) is 0 Å². The minimum Gasteiger partial charge on any atom is -0.392 e. The average molecular weight is 286 g/mol. The van der Waals surface area contributed by atoms with Crippen LogP contribution in [0.3, 0.4) is 0 Å².